The van der Waals surface area contributed by atoms with Crippen molar-refractivity contribution in [2.45, 2.75) is 12.8 Å². The first-order valence-electron chi connectivity index (χ1n) is 8.38. The number of carbonyl (C=O) groups is 1. The number of hydrogen-bond donors (Lipinski definition) is 0. The van der Waals surface area contributed by atoms with E-state index in [1.165, 1.54) is 17.4 Å². The topological polar surface area (TPSA) is 36.4 Å². The summed E-state index contributed by atoms with van der Waals surface area (Å²) in [4.78, 5) is 21.5. The van der Waals surface area contributed by atoms with Crippen molar-refractivity contribution in [1.82, 2.24) is 9.88 Å². The molecule has 2 aliphatic heterocycles. The van der Waals surface area contributed by atoms with Crippen LogP contribution in [0.4, 0.5) is 9.52 Å². The van der Waals surface area contributed by atoms with Crippen LogP contribution in [-0.4, -0.2) is 53.5 Å². The minimum absolute atomic E-state index is 0.149. The van der Waals surface area contributed by atoms with Gasteiger partial charge in [0.05, 0.1) is 10.2 Å². The lowest BCUT2D eigenvalue weighted by molar-refractivity contribution is -0.135. The monoisotopic (exact) mass is 365 g/mol. The zero-order valence-electron chi connectivity index (χ0n) is 13.4. The summed E-state index contributed by atoms with van der Waals surface area (Å²) in [5, 5.41) is 0.941. The number of aromatic nitrogens is 1. The Morgan fingerprint density at radius 1 is 1.17 bits per heavy atom. The summed E-state index contributed by atoms with van der Waals surface area (Å²) in [6, 6.07) is 4.73. The van der Waals surface area contributed by atoms with Gasteiger partial charge in [-0.3, -0.25) is 4.79 Å². The summed E-state index contributed by atoms with van der Waals surface area (Å²) in [5.74, 6) is 2.39. The zero-order chi connectivity index (χ0) is 16.5. The highest BCUT2D eigenvalue weighted by Gasteiger charge is 2.30. The molecule has 0 spiro atoms. The molecule has 0 unspecified atom stereocenters. The van der Waals surface area contributed by atoms with Gasteiger partial charge in [-0.15, -0.1) is 0 Å². The Kier molecular flexibility index (Phi) is 4.63. The normalized spacial score (nSPS) is 19.9. The number of piperidine rings is 1. The highest BCUT2D eigenvalue weighted by atomic mass is 32.2. The van der Waals surface area contributed by atoms with Crippen LogP contribution in [0.2, 0.25) is 0 Å². The molecule has 2 aromatic rings. The zero-order valence-corrected chi connectivity index (χ0v) is 15.0. The molecule has 4 nitrogen and oxygen atoms in total. The molecule has 1 aromatic carbocycles. The maximum Gasteiger partial charge on any atom is 0.225 e. The van der Waals surface area contributed by atoms with Gasteiger partial charge < -0.3 is 9.80 Å². The second-order valence-corrected chi connectivity index (χ2v) is 8.54. The molecule has 0 aliphatic carbocycles. The quantitative estimate of drug-likeness (QED) is 0.819. The highest BCUT2D eigenvalue weighted by molar-refractivity contribution is 7.99. The molecule has 0 bridgehead atoms. The van der Waals surface area contributed by atoms with Gasteiger partial charge in [0.2, 0.25) is 5.91 Å². The van der Waals surface area contributed by atoms with Crippen molar-refractivity contribution >= 4 is 44.4 Å². The number of anilines is 1. The van der Waals surface area contributed by atoms with Gasteiger partial charge >= 0.3 is 0 Å². The van der Waals surface area contributed by atoms with Gasteiger partial charge in [-0.1, -0.05) is 11.3 Å². The summed E-state index contributed by atoms with van der Waals surface area (Å²) in [7, 11) is 0. The van der Waals surface area contributed by atoms with Crippen LogP contribution < -0.4 is 4.90 Å². The minimum Gasteiger partial charge on any atom is -0.348 e. The molecule has 0 atom stereocenters. The molecule has 0 radical (unpaired) electrons. The minimum atomic E-state index is -0.221. The number of halogens is 1. The maximum absolute atomic E-state index is 13.3. The number of fused-ring (bicyclic) bond motifs is 1. The fourth-order valence-electron chi connectivity index (χ4n) is 3.38. The smallest absolute Gasteiger partial charge is 0.225 e. The summed E-state index contributed by atoms with van der Waals surface area (Å²) >= 11 is 3.46. The third kappa shape index (κ3) is 3.24. The van der Waals surface area contributed by atoms with Crippen LogP contribution in [0, 0.1) is 11.7 Å². The Labute approximate surface area is 149 Å². The number of benzene rings is 1. The molecular formula is C17H20FN3OS2. The van der Waals surface area contributed by atoms with E-state index in [1.54, 1.807) is 12.1 Å². The van der Waals surface area contributed by atoms with E-state index in [4.69, 9.17) is 0 Å². The molecule has 0 saturated carbocycles. The molecule has 1 amide bonds. The molecular weight excluding hydrogens is 345 g/mol. The summed E-state index contributed by atoms with van der Waals surface area (Å²) in [5.41, 5.74) is 0.848. The maximum atomic E-state index is 13.3. The molecule has 24 heavy (non-hydrogen) atoms. The van der Waals surface area contributed by atoms with E-state index in [1.807, 2.05) is 16.7 Å². The molecule has 2 saturated heterocycles. The lowest BCUT2D eigenvalue weighted by Crippen LogP contribution is -2.45. The first-order chi connectivity index (χ1) is 11.7. The van der Waals surface area contributed by atoms with Crippen molar-refractivity contribution in [3.63, 3.8) is 0 Å². The number of nitrogens with zero attached hydrogens (tertiary/aromatic N) is 3. The van der Waals surface area contributed by atoms with E-state index in [2.05, 4.69) is 9.88 Å². The van der Waals surface area contributed by atoms with Crippen LogP contribution in [-0.2, 0) is 4.79 Å². The lowest BCUT2D eigenvalue weighted by atomic mass is 9.95. The third-order valence-corrected chi connectivity index (χ3v) is 6.80. The van der Waals surface area contributed by atoms with Crippen LogP contribution in [0.15, 0.2) is 18.2 Å². The Morgan fingerprint density at radius 2 is 1.92 bits per heavy atom. The van der Waals surface area contributed by atoms with Gasteiger partial charge in [-0.2, -0.15) is 11.8 Å². The highest BCUT2D eigenvalue weighted by Crippen LogP contribution is 2.32. The molecule has 128 valence electrons. The standard InChI is InChI=1S/C17H20FN3OS2/c18-13-1-2-14-15(11-13)24-17(19-14)21-5-3-12(4-6-21)16(22)20-7-9-23-10-8-20/h1-2,11-12H,3-10H2. The van der Waals surface area contributed by atoms with E-state index >= 15 is 0 Å². The molecule has 3 heterocycles. The Bertz CT molecular complexity index is 737. The van der Waals surface area contributed by atoms with Crippen LogP contribution in [0.1, 0.15) is 12.8 Å². The predicted molar refractivity (Wildman–Crippen MR) is 98.4 cm³/mol. The van der Waals surface area contributed by atoms with E-state index in [0.717, 1.165) is 65.9 Å². The van der Waals surface area contributed by atoms with Crippen molar-refractivity contribution in [2.75, 3.05) is 42.6 Å². The molecule has 4 rings (SSSR count). The number of rotatable bonds is 2. The van der Waals surface area contributed by atoms with Crippen molar-refractivity contribution in [2.24, 2.45) is 5.92 Å². The Balaban J connectivity index is 1.40. The van der Waals surface area contributed by atoms with E-state index in [9.17, 15) is 9.18 Å². The number of carbonyl (C=O) groups excluding carboxylic acids is 1. The third-order valence-electron chi connectivity index (χ3n) is 4.78. The number of thioether (sulfide) groups is 1. The second kappa shape index (κ2) is 6.88. The van der Waals surface area contributed by atoms with Crippen LogP contribution in [0.5, 0.6) is 0 Å². The fraction of sp³-hybridized carbons (Fsp3) is 0.529. The molecule has 7 heteroatoms. The largest absolute Gasteiger partial charge is 0.348 e. The second-order valence-electron chi connectivity index (χ2n) is 6.31. The van der Waals surface area contributed by atoms with Gasteiger partial charge in [0.15, 0.2) is 5.13 Å². The SMILES string of the molecule is O=C(C1CCN(c2nc3ccc(F)cc3s2)CC1)N1CCSCC1. The lowest BCUT2D eigenvalue weighted by Gasteiger charge is -2.35. The Morgan fingerprint density at radius 3 is 2.67 bits per heavy atom. The number of amides is 1. The van der Waals surface area contributed by atoms with Crippen LogP contribution in [0.25, 0.3) is 10.2 Å². The van der Waals surface area contributed by atoms with Crippen molar-refractivity contribution in [1.29, 1.82) is 0 Å². The van der Waals surface area contributed by atoms with E-state index < -0.39 is 0 Å². The average Bonchev–Trinajstić information content (AvgIpc) is 3.05. The first-order valence-corrected chi connectivity index (χ1v) is 10.4. The molecule has 0 N–H and O–H groups in total. The van der Waals surface area contributed by atoms with Crippen LogP contribution in [0.3, 0.4) is 0 Å². The number of hydrogen-bond acceptors (Lipinski definition) is 5. The number of thiazole rings is 1. The van der Waals surface area contributed by atoms with Gasteiger partial charge in [-0.05, 0) is 31.0 Å². The van der Waals surface area contributed by atoms with E-state index in [0.29, 0.717) is 5.91 Å². The van der Waals surface area contributed by atoms with Gasteiger partial charge in [0.1, 0.15) is 5.82 Å². The predicted octanol–water partition coefficient (Wildman–Crippen LogP) is 3.23. The average molecular weight is 365 g/mol. The molecule has 1 aromatic heterocycles. The van der Waals surface area contributed by atoms with Crippen LogP contribution >= 0.6 is 23.1 Å². The van der Waals surface area contributed by atoms with Crippen molar-refractivity contribution < 1.29 is 9.18 Å². The summed E-state index contributed by atoms with van der Waals surface area (Å²) < 4.78 is 14.2. The summed E-state index contributed by atoms with van der Waals surface area (Å²) in [6.45, 7) is 3.49. The summed E-state index contributed by atoms with van der Waals surface area (Å²) in [6.07, 6.45) is 1.76. The fourth-order valence-corrected chi connectivity index (χ4v) is 5.33. The van der Waals surface area contributed by atoms with Crippen molar-refractivity contribution in [3.05, 3.63) is 24.0 Å². The molecule has 2 aliphatic rings. The van der Waals surface area contributed by atoms with E-state index in [-0.39, 0.29) is 11.7 Å². The van der Waals surface area contributed by atoms with Gasteiger partial charge in [-0.25, -0.2) is 9.37 Å². The molecule has 2 fully saturated rings. The Hall–Kier alpha value is -1.34. The van der Waals surface area contributed by atoms with Gasteiger partial charge in [0.25, 0.3) is 0 Å². The van der Waals surface area contributed by atoms with Crippen molar-refractivity contribution in [3.8, 4) is 0 Å². The first kappa shape index (κ1) is 16.1. The van der Waals surface area contributed by atoms with Gasteiger partial charge in [0, 0.05) is 43.6 Å².